The van der Waals surface area contributed by atoms with Crippen LogP contribution in [0.4, 0.5) is 40.7 Å². The fourth-order valence-electron chi connectivity index (χ4n) is 2.21. The van der Waals surface area contributed by atoms with Gasteiger partial charge in [0.25, 0.3) is 5.69 Å². The molecule has 0 aliphatic carbocycles. The van der Waals surface area contributed by atoms with Crippen LogP contribution in [0.2, 0.25) is 0 Å². The van der Waals surface area contributed by atoms with Crippen LogP contribution in [0.3, 0.4) is 0 Å². The minimum Gasteiger partial charge on any atom is -0.394 e. The van der Waals surface area contributed by atoms with Crippen LogP contribution < -0.4 is 10.6 Å². The van der Waals surface area contributed by atoms with Gasteiger partial charge in [-0.1, -0.05) is 13.8 Å². The second-order valence-electron chi connectivity index (χ2n) is 6.18. The number of anilines is 3. The first kappa shape index (κ1) is 21.3. The van der Waals surface area contributed by atoms with E-state index in [1.54, 1.807) is 13.8 Å². The van der Waals surface area contributed by atoms with Crippen molar-refractivity contribution in [2.75, 3.05) is 17.2 Å². The lowest BCUT2D eigenvalue weighted by Crippen LogP contribution is -2.30. The van der Waals surface area contributed by atoms with Gasteiger partial charge >= 0.3 is 6.18 Å². The predicted molar refractivity (Wildman–Crippen MR) is 92.7 cm³/mol. The van der Waals surface area contributed by atoms with E-state index >= 15 is 0 Å². The lowest BCUT2D eigenvalue weighted by atomic mass is 10.1. The number of nitrogens with one attached hydrogen (secondary N) is 2. The van der Waals surface area contributed by atoms with Crippen molar-refractivity contribution < 1.29 is 27.6 Å². The average molecular weight is 403 g/mol. The molecule has 0 radical (unpaired) electrons. The van der Waals surface area contributed by atoms with Crippen LogP contribution in [0.15, 0.2) is 24.3 Å². The lowest BCUT2D eigenvalue weighted by molar-refractivity contribution is -0.384. The van der Waals surface area contributed by atoms with Crippen molar-refractivity contribution in [3.8, 4) is 0 Å². The van der Waals surface area contributed by atoms with Crippen molar-refractivity contribution in [1.82, 2.24) is 9.97 Å². The van der Waals surface area contributed by atoms with Crippen molar-refractivity contribution >= 4 is 23.1 Å². The van der Waals surface area contributed by atoms with E-state index in [0.29, 0.717) is 12.1 Å². The van der Waals surface area contributed by atoms with E-state index in [2.05, 4.69) is 20.6 Å². The molecule has 0 fully saturated rings. The van der Waals surface area contributed by atoms with E-state index in [1.807, 2.05) is 0 Å². The number of alkyl halides is 3. The number of nitrogens with zero attached hydrogens (tertiary/aromatic N) is 3. The Morgan fingerprint density at radius 1 is 1.25 bits per heavy atom. The molecule has 2 rings (SSSR count). The van der Waals surface area contributed by atoms with E-state index in [4.69, 9.17) is 0 Å². The number of aliphatic hydroxyl groups excluding tert-OH is 1. The number of hydrogen-bond acceptors (Lipinski definition) is 7. The maximum atomic E-state index is 13.2. The van der Waals surface area contributed by atoms with Crippen LogP contribution in [0.25, 0.3) is 0 Å². The summed E-state index contributed by atoms with van der Waals surface area (Å²) in [5, 5.41) is 25.4. The molecule has 1 atom stereocenters. The SMILES string of the molecule is CC(C)[C@@H](CO)Nc1nc(Nc2ccc(F)cc2[N+](=O)[O-])cc(C(F)(F)F)n1. The molecule has 0 bridgehead atoms. The summed E-state index contributed by atoms with van der Waals surface area (Å²) in [6.45, 7) is 3.11. The third-order valence-corrected chi connectivity index (χ3v) is 3.75. The molecule has 2 aromatic rings. The van der Waals surface area contributed by atoms with Gasteiger partial charge in [0.15, 0.2) is 5.69 Å². The maximum absolute atomic E-state index is 13.2. The largest absolute Gasteiger partial charge is 0.433 e. The fraction of sp³-hybridized carbons (Fsp3) is 0.375. The van der Waals surface area contributed by atoms with E-state index in [9.17, 15) is 32.8 Å². The highest BCUT2D eigenvalue weighted by atomic mass is 19.4. The molecule has 1 aromatic heterocycles. The Bertz CT molecular complexity index is 861. The highest BCUT2D eigenvalue weighted by Gasteiger charge is 2.34. The van der Waals surface area contributed by atoms with Crippen molar-refractivity contribution in [3.05, 3.63) is 45.9 Å². The maximum Gasteiger partial charge on any atom is 0.433 e. The third kappa shape index (κ3) is 5.25. The van der Waals surface area contributed by atoms with Gasteiger partial charge in [0.2, 0.25) is 5.95 Å². The number of benzene rings is 1. The summed E-state index contributed by atoms with van der Waals surface area (Å²) in [5.74, 6) is -1.83. The summed E-state index contributed by atoms with van der Waals surface area (Å²) in [5.41, 5.74) is -2.21. The van der Waals surface area contributed by atoms with Crippen molar-refractivity contribution in [3.63, 3.8) is 0 Å². The van der Waals surface area contributed by atoms with Gasteiger partial charge in [-0.2, -0.15) is 18.2 Å². The molecular formula is C16H17F4N5O3. The fourth-order valence-corrected chi connectivity index (χ4v) is 2.21. The summed E-state index contributed by atoms with van der Waals surface area (Å²) in [7, 11) is 0. The zero-order chi connectivity index (χ0) is 21.1. The molecular weight excluding hydrogens is 386 g/mol. The van der Waals surface area contributed by atoms with Crippen molar-refractivity contribution in [2.24, 2.45) is 5.92 Å². The number of nitro groups is 1. The van der Waals surface area contributed by atoms with Crippen LogP contribution in [-0.2, 0) is 6.18 Å². The number of nitro benzene ring substituents is 1. The summed E-state index contributed by atoms with van der Waals surface area (Å²) in [6, 6.07) is 2.52. The molecule has 1 aromatic carbocycles. The Morgan fingerprint density at radius 3 is 2.46 bits per heavy atom. The van der Waals surface area contributed by atoms with Gasteiger partial charge < -0.3 is 15.7 Å². The van der Waals surface area contributed by atoms with Crippen LogP contribution in [0, 0.1) is 21.8 Å². The van der Waals surface area contributed by atoms with Crippen LogP contribution >= 0.6 is 0 Å². The molecule has 1 heterocycles. The van der Waals surface area contributed by atoms with Gasteiger partial charge in [-0.15, -0.1) is 0 Å². The van der Waals surface area contributed by atoms with E-state index in [0.717, 1.165) is 12.1 Å². The van der Waals surface area contributed by atoms with Crippen LogP contribution in [0.5, 0.6) is 0 Å². The number of hydrogen-bond donors (Lipinski definition) is 3. The quantitative estimate of drug-likeness (QED) is 0.367. The molecule has 3 N–H and O–H groups in total. The second kappa shape index (κ2) is 8.33. The normalized spacial score (nSPS) is 12.7. The minimum atomic E-state index is -4.81. The van der Waals surface area contributed by atoms with Gasteiger partial charge in [-0.25, -0.2) is 9.37 Å². The molecule has 0 unspecified atom stereocenters. The molecule has 0 spiro atoms. The third-order valence-electron chi connectivity index (χ3n) is 3.75. The number of aromatic nitrogens is 2. The Morgan fingerprint density at radius 2 is 1.93 bits per heavy atom. The first-order chi connectivity index (χ1) is 13.0. The number of aliphatic hydroxyl groups is 1. The first-order valence-corrected chi connectivity index (χ1v) is 8.06. The van der Waals surface area contributed by atoms with Gasteiger partial charge in [-0.3, -0.25) is 10.1 Å². The topological polar surface area (TPSA) is 113 Å². The minimum absolute atomic E-state index is 0.141. The molecule has 12 heteroatoms. The molecule has 28 heavy (non-hydrogen) atoms. The predicted octanol–water partition coefficient (Wildman–Crippen LogP) is 3.72. The zero-order valence-electron chi connectivity index (χ0n) is 14.8. The zero-order valence-corrected chi connectivity index (χ0v) is 14.8. The van der Waals surface area contributed by atoms with Crippen LogP contribution in [-0.4, -0.2) is 32.6 Å². The number of rotatable bonds is 7. The Kier molecular flexibility index (Phi) is 6.33. The highest BCUT2D eigenvalue weighted by Crippen LogP contribution is 2.32. The molecule has 8 nitrogen and oxygen atoms in total. The highest BCUT2D eigenvalue weighted by molar-refractivity contribution is 5.68. The van der Waals surface area contributed by atoms with Crippen molar-refractivity contribution in [2.45, 2.75) is 26.1 Å². The van der Waals surface area contributed by atoms with Gasteiger partial charge in [-0.05, 0) is 18.1 Å². The van der Waals surface area contributed by atoms with Crippen molar-refractivity contribution in [1.29, 1.82) is 0 Å². The average Bonchev–Trinajstić information content (AvgIpc) is 2.59. The smallest absolute Gasteiger partial charge is 0.394 e. The van der Waals surface area contributed by atoms with E-state index < -0.39 is 40.3 Å². The van der Waals surface area contributed by atoms with E-state index in [1.165, 1.54) is 0 Å². The van der Waals surface area contributed by atoms with E-state index in [-0.39, 0.29) is 24.0 Å². The van der Waals surface area contributed by atoms with Gasteiger partial charge in [0, 0.05) is 6.07 Å². The summed E-state index contributed by atoms with van der Waals surface area (Å²) in [4.78, 5) is 17.5. The summed E-state index contributed by atoms with van der Waals surface area (Å²) < 4.78 is 52.8. The van der Waals surface area contributed by atoms with Gasteiger partial charge in [0.05, 0.1) is 23.6 Å². The van der Waals surface area contributed by atoms with Crippen LogP contribution in [0.1, 0.15) is 19.5 Å². The molecule has 152 valence electrons. The molecule has 0 aliphatic heterocycles. The molecule has 0 amide bonds. The summed E-state index contributed by atoms with van der Waals surface area (Å²) >= 11 is 0. The Labute approximate surface area is 156 Å². The Hall–Kier alpha value is -3.02. The molecule has 0 saturated carbocycles. The Balaban J connectivity index is 2.46. The molecule has 0 aliphatic rings. The second-order valence-corrected chi connectivity index (χ2v) is 6.18. The molecule has 0 saturated heterocycles. The standard InChI is InChI=1S/C16H17F4N5O3/c1-8(2)11(7-26)22-15-23-13(16(18,19)20)6-14(24-15)21-10-4-3-9(17)5-12(10)25(27)28/h3-6,8,11,26H,7H2,1-2H3,(H2,21,22,23,24)/t11-/m1/s1. The summed E-state index contributed by atoms with van der Waals surface area (Å²) in [6.07, 6.45) is -4.81. The lowest BCUT2D eigenvalue weighted by Gasteiger charge is -2.21. The number of halogens is 4. The van der Waals surface area contributed by atoms with Gasteiger partial charge in [0.1, 0.15) is 17.3 Å². The monoisotopic (exact) mass is 403 g/mol. The first-order valence-electron chi connectivity index (χ1n) is 8.06.